The van der Waals surface area contributed by atoms with Crippen LogP contribution in [0.4, 0.5) is 0 Å². The van der Waals surface area contributed by atoms with Crippen LogP contribution in [0.1, 0.15) is 181 Å². The van der Waals surface area contributed by atoms with Crippen LogP contribution in [-0.2, 0) is 28.2 Å². The van der Waals surface area contributed by atoms with E-state index in [2.05, 4.69) is 60.9 Å². The second kappa shape index (κ2) is 36.8. The van der Waals surface area contributed by atoms with Crippen LogP contribution in [0.2, 0.25) is 0 Å². The maximum absolute atomic E-state index is 12.4. The quantitative estimate of drug-likeness (QED) is 0.0284. The lowest BCUT2D eigenvalue weighted by Gasteiger charge is -2.18. The zero-order valence-corrected chi connectivity index (χ0v) is 32.7. The van der Waals surface area contributed by atoms with Gasteiger partial charge in [0.25, 0.3) is 0 Å². The number of ether oxygens (including phenoxy) is 2. The lowest BCUT2D eigenvalue weighted by Crippen LogP contribution is -2.29. The minimum Gasteiger partial charge on any atom is -0.462 e. The zero-order chi connectivity index (χ0) is 36.8. The van der Waals surface area contributed by atoms with Crippen LogP contribution >= 0.6 is 7.82 Å². The van der Waals surface area contributed by atoms with Crippen LogP contribution in [0.5, 0.6) is 0 Å². The largest absolute Gasteiger partial charge is 0.469 e. The molecular weight excluding hydrogens is 651 g/mol. The van der Waals surface area contributed by atoms with E-state index in [4.69, 9.17) is 19.3 Å². The van der Waals surface area contributed by atoms with Crippen molar-refractivity contribution in [3.05, 3.63) is 48.6 Å². The predicted molar refractivity (Wildman–Crippen MR) is 207 cm³/mol. The first kappa shape index (κ1) is 48.0. The van der Waals surface area contributed by atoms with Gasteiger partial charge in [0, 0.05) is 12.8 Å². The normalized spacial score (nSPS) is 13.0. The Balaban J connectivity index is 4.04. The van der Waals surface area contributed by atoms with Gasteiger partial charge in [-0.25, -0.2) is 4.57 Å². The fraction of sp³-hybridized carbons (Fsp3) is 0.756. The van der Waals surface area contributed by atoms with E-state index in [1.165, 1.54) is 89.9 Å². The number of carbonyl (C=O) groups excluding carboxylic acids is 2. The van der Waals surface area contributed by atoms with Gasteiger partial charge < -0.3 is 19.3 Å². The summed E-state index contributed by atoms with van der Waals surface area (Å²) in [5, 5.41) is 0. The second-order valence-electron chi connectivity index (χ2n) is 13.2. The smallest absolute Gasteiger partial charge is 0.462 e. The van der Waals surface area contributed by atoms with Crippen molar-refractivity contribution in [3.63, 3.8) is 0 Å². The molecule has 0 saturated carbocycles. The fourth-order valence-corrected chi connectivity index (χ4v) is 5.68. The molecule has 0 saturated heterocycles. The van der Waals surface area contributed by atoms with Crippen molar-refractivity contribution in [2.45, 2.75) is 187 Å². The second-order valence-corrected chi connectivity index (χ2v) is 14.5. The zero-order valence-electron chi connectivity index (χ0n) is 31.8. The van der Waals surface area contributed by atoms with Crippen LogP contribution in [0.3, 0.4) is 0 Å². The van der Waals surface area contributed by atoms with E-state index in [1.807, 2.05) is 6.08 Å². The van der Waals surface area contributed by atoms with Gasteiger partial charge in [-0.3, -0.25) is 14.1 Å². The van der Waals surface area contributed by atoms with E-state index in [9.17, 15) is 14.2 Å². The fourth-order valence-electron chi connectivity index (χ4n) is 5.32. The number of hydrogen-bond acceptors (Lipinski definition) is 6. The number of allylic oxidation sites excluding steroid dienone is 8. The van der Waals surface area contributed by atoms with Gasteiger partial charge in [-0.1, -0.05) is 146 Å². The monoisotopic (exact) mass is 725 g/mol. The average Bonchev–Trinajstić information content (AvgIpc) is 3.08. The number of hydrogen-bond donors (Lipinski definition) is 2. The average molecular weight is 725 g/mol. The number of carbonyl (C=O) groups is 2. The maximum atomic E-state index is 12.4. The molecular formula is C41H73O8P. The summed E-state index contributed by atoms with van der Waals surface area (Å²) in [4.78, 5) is 42.7. The molecule has 290 valence electrons. The summed E-state index contributed by atoms with van der Waals surface area (Å²) >= 11 is 0. The van der Waals surface area contributed by atoms with Crippen molar-refractivity contribution in [1.29, 1.82) is 0 Å². The van der Waals surface area contributed by atoms with E-state index in [0.717, 1.165) is 44.9 Å². The number of rotatable bonds is 36. The van der Waals surface area contributed by atoms with E-state index < -0.39 is 32.5 Å². The van der Waals surface area contributed by atoms with Crippen molar-refractivity contribution < 1.29 is 37.9 Å². The summed E-state index contributed by atoms with van der Waals surface area (Å²) in [5.74, 6) is -0.952. The molecule has 0 heterocycles. The summed E-state index contributed by atoms with van der Waals surface area (Å²) < 4.78 is 26.3. The molecule has 0 fully saturated rings. The summed E-state index contributed by atoms with van der Waals surface area (Å²) in [5.41, 5.74) is 0. The molecule has 8 nitrogen and oxygen atoms in total. The van der Waals surface area contributed by atoms with Gasteiger partial charge in [-0.05, 0) is 70.6 Å². The van der Waals surface area contributed by atoms with Gasteiger partial charge in [0.15, 0.2) is 6.10 Å². The third-order valence-corrected chi connectivity index (χ3v) is 8.81. The van der Waals surface area contributed by atoms with Crippen LogP contribution in [0, 0.1) is 0 Å². The van der Waals surface area contributed by atoms with E-state index in [-0.39, 0.29) is 19.4 Å². The molecule has 0 bridgehead atoms. The van der Waals surface area contributed by atoms with Gasteiger partial charge in [-0.2, -0.15) is 0 Å². The van der Waals surface area contributed by atoms with E-state index in [0.29, 0.717) is 19.3 Å². The van der Waals surface area contributed by atoms with Gasteiger partial charge >= 0.3 is 19.8 Å². The molecule has 0 aliphatic heterocycles. The molecule has 0 unspecified atom stereocenters. The molecule has 0 aromatic carbocycles. The highest BCUT2D eigenvalue weighted by Gasteiger charge is 2.22. The van der Waals surface area contributed by atoms with Crippen molar-refractivity contribution >= 4 is 19.8 Å². The van der Waals surface area contributed by atoms with E-state index >= 15 is 0 Å². The number of unbranched alkanes of at least 4 members (excludes halogenated alkanes) is 18. The van der Waals surface area contributed by atoms with Crippen LogP contribution in [0.15, 0.2) is 48.6 Å². The molecule has 9 heteroatoms. The SMILES string of the molecule is CCCCCC/C=C/CCCCCCCCCC(=O)OC[C@H](COP(=O)(O)O)OC(=O)CCC/C=C/C/C=C/C/C=C/CCCCCCCC. The van der Waals surface area contributed by atoms with Gasteiger partial charge in [0.1, 0.15) is 6.61 Å². The Labute approximate surface area is 305 Å². The van der Waals surface area contributed by atoms with E-state index in [1.54, 1.807) is 0 Å². The molecule has 0 spiro atoms. The minimum absolute atomic E-state index is 0.139. The molecule has 0 rings (SSSR count). The number of esters is 2. The Morgan fingerprint density at radius 3 is 1.44 bits per heavy atom. The third kappa shape index (κ3) is 38.8. The maximum Gasteiger partial charge on any atom is 0.469 e. The molecule has 0 amide bonds. The summed E-state index contributed by atoms with van der Waals surface area (Å²) in [6.07, 6.45) is 44.1. The number of phosphoric ester groups is 1. The lowest BCUT2D eigenvalue weighted by molar-refractivity contribution is -0.161. The standard InChI is InChI=1S/C41H73O8P/c1-3-5-7-9-11-13-15-17-19-20-22-24-26-28-30-32-34-36-41(43)49-39(38-48-50(44,45)46)37-47-40(42)35-33-31-29-27-25-23-21-18-16-14-12-10-8-6-4-2/h14,16-17,19,22,24,28,30,39H,3-13,15,18,20-21,23,25-27,29,31-38H2,1-2H3,(H2,44,45,46)/b16-14+,19-17+,24-22+,30-28+/t39-/m1/s1. The highest BCUT2D eigenvalue weighted by atomic mass is 31.2. The molecule has 2 N–H and O–H groups in total. The Hall–Kier alpha value is -1.99. The molecule has 0 radical (unpaired) electrons. The van der Waals surface area contributed by atoms with Crippen molar-refractivity contribution in [2.24, 2.45) is 0 Å². The molecule has 0 aliphatic rings. The van der Waals surface area contributed by atoms with Crippen molar-refractivity contribution in [3.8, 4) is 0 Å². The first-order chi connectivity index (χ1) is 24.3. The Kier molecular flexibility index (Phi) is 35.3. The summed E-state index contributed by atoms with van der Waals surface area (Å²) in [6.45, 7) is 3.61. The molecule has 0 aromatic rings. The van der Waals surface area contributed by atoms with Crippen LogP contribution in [-0.4, -0.2) is 41.0 Å². The van der Waals surface area contributed by atoms with Crippen molar-refractivity contribution in [1.82, 2.24) is 0 Å². The van der Waals surface area contributed by atoms with Crippen LogP contribution in [0.25, 0.3) is 0 Å². The third-order valence-electron chi connectivity index (χ3n) is 8.32. The Morgan fingerprint density at radius 2 is 0.920 bits per heavy atom. The van der Waals surface area contributed by atoms with Gasteiger partial charge in [0.05, 0.1) is 6.61 Å². The molecule has 0 aromatic heterocycles. The summed E-state index contributed by atoms with van der Waals surface area (Å²) in [6, 6.07) is 0. The van der Waals surface area contributed by atoms with Crippen LogP contribution < -0.4 is 0 Å². The first-order valence-electron chi connectivity index (χ1n) is 19.9. The Morgan fingerprint density at radius 1 is 0.520 bits per heavy atom. The number of phosphoric acid groups is 1. The first-order valence-corrected chi connectivity index (χ1v) is 21.5. The molecule has 1 atom stereocenters. The molecule has 50 heavy (non-hydrogen) atoms. The predicted octanol–water partition coefficient (Wildman–Crippen LogP) is 12.0. The Bertz CT molecular complexity index is 952. The molecule has 0 aliphatic carbocycles. The topological polar surface area (TPSA) is 119 Å². The highest BCUT2D eigenvalue weighted by Crippen LogP contribution is 2.36. The highest BCUT2D eigenvalue weighted by molar-refractivity contribution is 7.46. The van der Waals surface area contributed by atoms with Crippen molar-refractivity contribution in [2.75, 3.05) is 13.2 Å². The van der Waals surface area contributed by atoms with Gasteiger partial charge in [-0.15, -0.1) is 0 Å². The minimum atomic E-state index is -4.77. The lowest BCUT2D eigenvalue weighted by atomic mass is 10.1. The van der Waals surface area contributed by atoms with Gasteiger partial charge in [0.2, 0.25) is 0 Å². The summed E-state index contributed by atoms with van der Waals surface area (Å²) in [7, 11) is -4.77.